The molecule has 0 saturated carbocycles. The van der Waals surface area contributed by atoms with E-state index in [0.29, 0.717) is 0 Å². The third kappa shape index (κ3) is 1.53. The first kappa shape index (κ1) is 11.0. The Kier molecular flexibility index (Phi) is 2.44. The fourth-order valence-electron chi connectivity index (χ4n) is 2.41. The summed E-state index contributed by atoms with van der Waals surface area (Å²) in [4.78, 5) is 4.48. The predicted octanol–water partition coefficient (Wildman–Crippen LogP) is 3.95. The van der Waals surface area contributed by atoms with E-state index in [4.69, 9.17) is 0 Å². The van der Waals surface area contributed by atoms with Crippen LogP contribution in [0.2, 0.25) is 0 Å². The summed E-state index contributed by atoms with van der Waals surface area (Å²) in [5, 5.41) is 0. The molecule has 0 bridgehead atoms. The quantitative estimate of drug-likeness (QED) is 0.625. The lowest BCUT2D eigenvalue weighted by atomic mass is 10.2. The Morgan fingerprint density at radius 1 is 0.944 bits per heavy atom. The molecular formula is C16H16N2. The summed E-state index contributed by atoms with van der Waals surface area (Å²) >= 11 is 0. The molecule has 0 spiro atoms. The number of aryl methyl sites for hydroxylation is 2. The molecule has 18 heavy (non-hydrogen) atoms. The van der Waals surface area contributed by atoms with Crippen LogP contribution >= 0.6 is 0 Å². The van der Waals surface area contributed by atoms with E-state index in [2.05, 4.69) is 60.7 Å². The van der Waals surface area contributed by atoms with Crippen molar-refractivity contribution in [2.45, 2.75) is 20.8 Å². The Balaban J connectivity index is 2.35. The number of rotatable bonds is 1. The average molecular weight is 236 g/mol. The van der Waals surface area contributed by atoms with Gasteiger partial charge >= 0.3 is 0 Å². The topological polar surface area (TPSA) is 17.8 Å². The number of hydrogen-bond acceptors (Lipinski definition) is 1. The first-order valence-corrected chi connectivity index (χ1v) is 6.18. The second-order valence-corrected chi connectivity index (χ2v) is 4.75. The molecule has 1 aromatic carbocycles. The Bertz CT molecular complexity index is 706. The molecule has 0 atom stereocenters. The molecule has 0 N–H and O–H groups in total. The minimum Gasteiger partial charge on any atom is -0.312 e. The molecule has 0 saturated heterocycles. The summed E-state index contributed by atoms with van der Waals surface area (Å²) in [6.45, 7) is 6.39. The van der Waals surface area contributed by atoms with E-state index in [1.54, 1.807) is 0 Å². The highest BCUT2D eigenvalue weighted by Gasteiger charge is 2.12. The van der Waals surface area contributed by atoms with Crippen LogP contribution in [0.4, 0.5) is 0 Å². The summed E-state index contributed by atoms with van der Waals surface area (Å²) in [6, 6.07) is 12.7. The van der Waals surface area contributed by atoms with Crippen molar-refractivity contribution in [3.05, 3.63) is 59.4 Å². The highest BCUT2D eigenvalue weighted by molar-refractivity contribution is 5.83. The standard InChI is InChI=1S/C16H16N2/c1-11-6-8-14(9-7-11)18-13(3)12(2)16-15(18)5-4-10-17-16/h4-10H,1-3H3. The number of hydrogen-bond donors (Lipinski definition) is 0. The lowest BCUT2D eigenvalue weighted by Crippen LogP contribution is -1.96. The number of pyridine rings is 1. The average Bonchev–Trinajstić information content (AvgIpc) is 2.64. The Labute approximate surface area is 107 Å². The molecular weight excluding hydrogens is 220 g/mol. The van der Waals surface area contributed by atoms with Crippen molar-refractivity contribution in [2.75, 3.05) is 0 Å². The van der Waals surface area contributed by atoms with Crippen LogP contribution < -0.4 is 0 Å². The van der Waals surface area contributed by atoms with Crippen molar-refractivity contribution in [1.82, 2.24) is 9.55 Å². The molecule has 90 valence electrons. The Morgan fingerprint density at radius 3 is 2.39 bits per heavy atom. The molecule has 0 radical (unpaired) electrons. The Morgan fingerprint density at radius 2 is 1.67 bits per heavy atom. The molecule has 0 aliphatic heterocycles. The van der Waals surface area contributed by atoms with Crippen molar-refractivity contribution < 1.29 is 0 Å². The van der Waals surface area contributed by atoms with E-state index in [1.165, 1.54) is 28.0 Å². The minimum absolute atomic E-state index is 1.09. The predicted molar refractivity (Wildman–Crippen MR) is 75.3 cm³/mol. The van der Waals surface area contributed by atoms with Crippen molar-refractivity contribution in [3.8, 4) is 5.69 Å². The van der Waals surface area contributed by atoms with E-state index in [9.17, 15) is 0 Å². The van der Waals surface area contributed by atoms with Crippen molar-refractivity contribution in [1.29, 1.82) is 0 Å². The zero-order valence-corrected chi connectivity index (χ0v) is 10.9. The van der Waals surface area contributed by atoms with E-state index < -0.39 is 0 Å². The minimum atomic E-state index is 1.09. The summed E-state index contributed by atoms with van der Waals surface area (Å²) in [6.07, 6.45) is 1.86. The van der Waals surface area contributed by atoms with E-state index in [-0.39, 0.29) is 0 Å². The fraction of sp³-hybridized carbons (Fsp3) is 0.188. The second kappa shape index (κ2) is 3.98. The number of aromatic nitrogens is 2. The van der Waals surface area contributed by atoms with Crippen LogP contribution in [0.3, 0.4) is 0 Å². The zero-order chi connectivity index (χ0) is 12.7. The first-order chi connectivity index (χ1) is 8.68. The van der Waals surface area contributed by atoms with Crippen LogP contribution in [-0.2, 0) is 0 Å². The largest absolute Gasteiger partial charge is 0.312 e. The molecule has 0 fully saturated rings. The highest BCUT2D eigenvalue weighted by atomic mass is 15.0. The molecule has 0 unspecified atom stereocenters. The van der Waals surface area contributed by atoms with Crippen LogP contribution in [0, 0.1) is 20.8 Å². The fourth-order valence-corrected chi connectivity index (χ4v) is 2.41. The molecule has 0 aliphatic carbocycles. The van der Waals surface area contributed by atoms with Gasteiger partial charge in [-0.25, -0.2) is 0 Å². The lowest BCUT2D eigenvalue weighted by molar-refractivity contribution is 1.04. The molecule has 3 rings (SSSR count). The molecule has 2 heterocycles. The van der Waals surface area contributed by atoms with Gasteiger partial charge in [-0.05, 0) is 50.6 Å². The zero-order valence-electron chi connectivity index (χ0n) is 10.9. The monoisotopic (exact) mass is 236 g/mol. The van der Waals surface area contributed by atoms with Crippen molar-refractivity contribution in [3.63, 3.8) is 0 Å². The van der Waals surface area contributed by atoms with Crippen LogP contribution in [0.15, 0.2) is 42.6 Å². The van der Waals surface area contributed by atoms with Gasteiger partial charge in [0.05, 0.1) is 11.0 Å². The van der Waals surface area contributed by atoms with E-state index in [1.807, 2.05) is 12.3 Å². The van der Waals surface area contributed by atoms with Crippen LogP contribution in [0.1, 0.15) is 16.8 Å². The SMILES string of the molecule is Cc1ccc(-n2c(C)c(C)c3ncccc32)cc1. The van der Waals surface area contributed by atoms with Crippen LogP contribution in [0.5, 0.6) is 0 Å². The van der Waals surface area contributed by atoms with Crippen LogP contribution in [-0.4, -0.2) is 9.55 Å². The van der Waals surface area contributed by atoms with Gasteiger partial charge in [0.2, 0.25) is 0 Å². The maximum atomic E-state index is 4.48. The number of fused-ring (bicyclic) bond motifs is 1. The first-order valence-electron chi connectivity index (χ1n) is 6.18. The van der Waals surface area contributed by atoms with Gasteiger partial charge in [0.15, 0.2) is 0 Å². The van der Waals surface area contributed by atoms with Crippen molar-refractivity contribution >= 4 is 11.0 Å². The Hall–Kier alpha value is -2.09. The van der Waals surface area contributed by atoms with Gasteiger partial charge in [0, 0.05) is 17.6 Å². The molecule has 2 aromatic heterocycles. The molecule has 2 heteroatoms. The number of benzene rings is 1. The third-order valence-electron chi connectivity index (χ3n) is 3.55. The van der Waals surface area contributed by atoms with Gasteiger partial charge in [-0.2, -0.15) is 0 Å². The maximum absolute atomic E-state index is 4.48. The highest BCUT2D eigenvalue weighted by Crippen LogP contribution is 2.26. The second-order valence-electron chi connectivity index (χ2n) is 4.75. The van der Waals surface area contributed by atoms with Crippen LogP contribution in [0.25, 0.3) is 16.7 Å². The summed E-state index contributed by atoms with van der Waals surface area (Å²) in [5.74, 6) is 0. The summed E-state index contributed by atoms with van der Waals surface area (Å²) < 4.78 is 2.27. The smallest absolute Gasteiger partial charge is 0.0916 e. The number of nitrogens with zero attached hydrogens (tertiary/aromatic N) is 2. The van der Waals surface area contributed by atoms with Crippen molar-refractivity contribution in [2.24, 2.45) is 0 Å². The molecule has 3 aromatic rings. The van der Waals surface area contributed by atoms with Gasteiger partial charge < -0.3 is 4.57 Å². The lowest BCUT2D eigenvalue weighted by Gasteiger charge is -2.08. The van der Waals surface area contributed by atoms with Gasteiger partial charge in [-0.15, -0.1) is 0 Å². The van der Waals surface area contributed by atoms with Gasteiger partial charge in [0.25, 0.3) is 0 Å². The van der Waals surface area contributed by atoms with E-state index >= 15 is 0 Å². The third-order valence-corrected chi connectivity index (χ3v) is 3.55. The van der Waals surface area contributed by atoms with E-state index in [0.717, 1.165) is 5.52 Å². The summed E-state index contributed by atoms with van der Waals surface area (Å²) in [5.41, 5.74) is 7.26. The van der Waals surface area contributed by atoms with Gasteiger partial charge in [-0.1, -0.05) is 17.7 Å². The van der Waals surface area contributed by atoms with Gasteiger partial charge in [0.1, 0.15) is 0 Å². The molecule has 0 aliphatic rings. The normalized spacial score (nSPS) is 11.1. The molecule has 0 amide bonds. The summed E-state index contributed by atoms with van der Waals surface area (Å²) in [7, 11) is 0. The maximum Gasteiger partial charge on any atom is 0.0916 e. The molecule has 2 nitrogen and oxygen atoms in total. The van der Waals surface area contributed by atoms with Gasteiger partial charge in [-0.3, -0.25) is 4.98 Å².